The molecule has 3 rings (SSSR count). The van der Waals surface area contributed by atoms with E-state index in [1.165, 1.54) is 19.3 Å². The Morgan fingerprint density at radius 3 is 2.30 bits per heavy atom. The summed E-state index contributed by atoms with van der Waals surface area (Å²) < 4.78 is 26.9. The SMILES string of the molecule is NCc1ccccc1CS(=O)(=O)N1CC2CCCC2C1. The van der Waals surface area contributed by atoms with E-state index in [9.17, 15) is 8.42 Å². The van der Waals surface area contributed by atoms with Crippen LogP contribution in [-0.2, 0) is 22.3 Å². The van der Waals surface area contributed by atoms with Crippen LogP contribution in [0.5, 0.6) is 0 Å². The van der Waals surface area contributed by atoms with E-state index < -0.39 is 10.0 Å². The molecule has 2 atom stereocenters. The minimum absolute atomic E-state index is 0.0831. The lowest BCUT2D eigenvalue weighted by atomic mass is 10.0. The third-order valence-corrected chi connectivity index (χ3v) is 6.52. The van der Waals surface area contributed by atoms with Gasteiger partial charge in [-0.3, -0.25) is 0 Å². The van der Waals surface area contributed by atoms with Crippen LogP contribution in [0.3, 0.4) is 0 Å². The molecule has 2 N–H and O–H groups in total. The van der Waals surface area contributed by atoms with Crippen molar-refractivity contribution in [3.63, 3.8) is 0 Å². The van der Waals surface area contributed by atoms with Gasteiger partial charge in [0.05, 0.1) is 5.75 Å². The molecule has 1 heterocycles. The smallest absolute Gasteiger partial charge is 0.218 e. The van der Waals surface area contributed by atoms with Gasteiger partial charge in [0.25, 0.3) is 0 Å². The fraction of sp³-hybridized carbons (Fsp3) is 0.600. The summed E-state index contributed by atoms with van der Waals surface area (Å²) in [5.41, 5.74) is 7.46. The molecule has 0 aromatic heterocycles. The van der Waals surface area contributed by atoms with Gasteiger partial charge in [0.1, 0.15) is 0 Å². The first-order valence-electron chi connectivity index (χ1n) is 7.35. The van der Waals surface area contributed by atoms with E-state index in [2.05, 4.69) is 0 Å². The van der Waals surface area contributed by atoms with Gasteiger partial charge >= 0.3 is 0 Å². The number of nitrogens with two attached hydrogens (primary N) is 1. The van der Waals surface area contributed by atoms with Crippen molar-refractivity contribution in [1.82, 2.24) is 4.31 Å². The summed E-state index contributed by atoms with van der Waals surface area (Å²) in [5, 5.41) is 0. The summed E-state index contributed by atoms with van der Waals surface area (Å²) in [5.74, 6) is 1.27. The molecule has 2 aliphatic rings. The highest BCUT2D eigenvalue weighted by molar-refractivity contribution is 7.88. The Kier molecular flexibility index (Phi) is 3.84. The Hall–Kier alpha value is -0.910. The van der Waals surface area contributed by atoms with Crippen LogP contribution < -0.4 is 5.73 Å². The molecule has 1 aromatic carbocycles. The van der Waals surface area contributed by atoms with Crippen molar-refractivity contribution in [1.29, 1.82) is 0 Å². The molecule has 2 fully saturated rings. The van der Waals surface area contributed by atoms with E-state index in [-0.39, 0.29) is 5.75 Å². The Balaban J connectivity index is 1.76. The van der Waals surface area contributed by atoms with Gasteiger partial charge in [-0.1, -0.05) is 30.7 Å². The monoisotopic (exact) mass is 294 g/mol. The van der Waals surface area contributed by atoms with Crippen molar-refractivity contribution in [3.8, 4) is 0 Å². The number of sulfonamides is 1. The van der Waals surface area contributed by atoms with Gasteiger partial charge in [-0.05, 0) is 35.8 Å². The molecule has 5 heteroatoms. The highest BCUT2D eigenvalue weighted by Gasteiger charge is 2.40. The van der Waals surface area contributed by atoms with Crippen molar-refractivity contribution in [2.75, 3.05) is 13.1 Å². The van der Waals surface area contributed by atoms with Gasteiger partial charge in [-0.25, -0.2) is 12.7 Å². The fourth-order valence-corrected chi connectivity index (χ4v) is 5.30. The molecule has 0 bridgehead atoms. The molecule has 1 saturated carbocycles. The first-order chi connectivity index (χ1) is 9.60. The Bertz CT molecular complexity index is 573. The van der Waals surface area contributed by atoms with Crippen LogP contribution in [0.15, 0.2) is 24.3 Å². The molecular weight excluding hydrogens is 272 g/mol. The molecule has 1 aliphatic carbocycles. The number of hydrogen-bond donors (Lipinski definition) is 1. The first-order valence-corrected chi connectivity index (χ1v) is 8.96. The fourth-order valence-electron chi connectivity index (χ4n) is 3.60. The van der Waals surface area contributed by atoms with Crippen LogP contribution in [0.25, 0.3) is 0 Å². The highest BCUT2D eigenvalue weighted by atomic mass is 32.2. The molecule has 1 aliphatic heterocycles. The quantitative estimate of drug-likeness (QED) is 0.919. The van der Waals surface area contributed by atoms with E-state index in [4.69, 9.17) is 5.73 Å². The molecule has 110 valence electrons. The summed E-state index contributed by atoms with van der Waals surface area (Å²) in [4.78, 5) is 0. The van der Waals surface area contributed by atoms with Gasteiger partial charge in [-0.15, -0.1) is 0 Å². The maximum atomic E-state index is 12.6. The number of rotatable bonds is 4. The van der Waals surface area contributed by atoms with Crippen molar-refractivity contribution in [2.24, 2.45) is 17.6 Å². The lowest BCUT2D eigenvalue weighted by Gasteiger charge is -2.18. The maximum Gasteiger partial charge on any atom is 0.218 e. The molecule has 20 heavy (non-hydrogen) atoms. The first kappa shape index (κ1) is 14.0. The standard InChI is InChI=1S/C15H22N2O2S/c16-8-12-4-1-2-5-15(12)11-20(18,19)17-9-13-6-3-7-14(13)10-17/h1-2,4-5,13-14H,3,6-11,16H2. The van der Waals surface area contributed by atoms with Crippen molar-refractivity contribution in [3.05, 3.63) is 35.4 Å². The average molecular weight is 294 g/mol. The van der Waals surface area contributed by atoms with E-state index in [1.54, 1.807) is 4.31 Å². The Labute approximate surface area is 121 Å². The molecule has 4 nitrogen and oxygen atoms in total. The van der Waals surface area contributed by atoms with Crippen LogP contribution in [-0.4, -0.2) is 25.8 Å². The lowest BCUT2D eigenvalue weighted by molar-refractivity contribution is 0.444. The second kappa shape index (κ2) is 5.47. The zero-order valence-electron chi connectivity index (χ0n) is 11.7. The summed E-state index contributed by atoms with van der Waals surface area (Å²) in [6.07, 6.45) is 3.64. The Morgan fingerprint density at radius 2 is 1.70 bits per heavy atom. The molecule has 1 saturated heterocycles. The van der Waals surface area contributed by atoms with Crippen LogP contribution in [0, 0.1) is 11.8 Å². The third kappa shape index (κ3) is 2.62. The minimum Gasteiger partial charge on any atom is -0.326 e. The van der Waals surface area contributed by atoms with Crippen molar-refractivity contribution < 1.29 is 8.42 Å². The topological polar surface area (TPSA) is 63.4 Å². The minimum atomic E-state index is -3.21. The summed E-state index contributed by atoms with van der Waals surface area (Å²) in [7, 11) is -3.21. The number of fused-ring (bicyclic) bond motifs is 1. The van der Waals surface area contributed by atoms with E-state index >= 15 is 0 Å². The van der Waals surface area contributed by atoms with Crippen molar-refractivity contribution >= 4 is 10.0 Å². The normalized spacial score (nSPS) is 26.9. The largest absolute Gasteiger partial charge is 0.326 e. The predicted octanol–water partition coefficient (Wildman–Crippen LogP) is 1.71. The summed E-state index contributed by atoms with van der Waals surface area (Å²) in [6, 6.07) is 7.56. The van der Waals surface area contributed by atoms with Gasteiger partial charge in [0.15, 0.2) is 0 Å². The van der Waals surface area contributed by atoms with E-state index in [0.717, 1.165) is 24.2 Å². The zero-order chi connectivity index (χ0) is 14.2. The van der Waals surface area contributed by atoms with Gasteiger partial charge in [-0.2, -0.15) is 0 Å². The van der Waals surface area contributed by atoms with Crippen LogP contribution in [0.1, 0.15) is 30.4 Å². The summed E-state index contributed by atoms with van der Waals surface area (Å²) >= 11 is 0. The van der Waals surface area contributed by atoms with Gasteiger partial charge in [0, 0.05) is 19.6 Å². The lowest BCUT2D eigenvalue weighted by Crippen LogP contribution is -2.31. The highest BCUT2D eigenvalue weighted by Crippen LogP contribution is 2.39. The summed E-state index contributed by atoms with van der Waals surface area (Å²) in [6.45, 7) is 1.83. The number of hydrogen-bond acceptors (Lipinski definition) is 3. The molecule has 1 aromatic rings. The second-order valence-corrected chi connectivity index (χ2v) is 7.97. The van der Waals surface area contributed by atoms with Crippen LogP contribution >= 0.6 is 0 Å². The van der Waals surface area contributed by atoms with Gasteiger partial charge < -0.3 is 5.73 Å². The third-order valence-electron chi connectivity index (χ3n) is 4.76. The van der Waals surface area contributed by atoms with Crippen molar-refractivity contribution in [2.45, 2.75) is 31.6 Å². The molecule has 0 amide bonds. The van der Waals surface area contributed by atoms with Crippen LogP contribution in [0.4, 0.5) is 0 Å². The van der Waals surface area contributed by atoms with E-state index in [1.807, 2.05) is 24.3 Å². The molecular formula is C15H22N2O2S. The molecule has 0 radical (unpaired) electrons. The number of nitrogens with zero attached hydrogens (tertiary/aromatic N) is 1. The average Bonchev–Trinajstić information content (AvgIpc) is 3.00. The second-order valence-electron chi connectivity index (χ2n) is 6.00. The zero-order valence-corrected chi connectivity index (χ0v) is 12.5. The molecule has 2 unspecified atom stereocenters. The van der Waals surface area contributed by atoms with E-state index in [0.29, 0.717) is 18.4 Å². The Morgan fingerprint density at radius 1 is 1.10 bits per heavy atom. The van der Waals surface area contributed by atoms with Crippen LogP contribution in [0.2, 0.25) is 0 Å². The molecule has 0 spiro atoms. The predicted molar refractivity (Wildman–Crippen MR) is 79.4 cm³/mol. The number of benzene rings is 1. The maximum absolute atomic E-state index is 12.6. The van der Waals surface area contributed by atoms with Gasteiger partial charge in [0.2, 0.25) is 10.0 Å².